The molecule has 0 spiro atoms. The Morgan fingerprint density at radius 2 is 2.10 bits per heavy atom. The Hall–Kier alpha value is -1.65. The van der Waals surface area contributed by atoms with Crippen LogP contribution in [0.4, 0.5) is 0 Å². The monoisotopic (exact) mass is 292 g/mol. The minimum Gasteiger partial charge on any atom is -0.396 e. The summed E-state index contributed by atoms with van der Waals surface area (Å²) in [5.41, 5.74) is 0.602. The summed E-state index contributed by atoms with van der Waals surface area (Å²) in [6.45, 7) is 4.11. The number of hydrogen-bond donors (Lipinski definition) is 2. The number of nitrogens with one attached hydrogen (secondary N) is 1. The Balaban J connectivity index is 2.23. The Kier molecular flexibility index (Phi) is 4.26. The third-order valence-electron chi connectivity index (χ3n) is 3.05. The van der Waals surface area contributed by atoms with Crippen LogP contribution in [0, 0.1) is 5.41 Å². The van der Waals surface area contributed by atoms with Gasteiger partial charge in [0.2, 0.25) is 0 Å². The van der Waals surface area contributed by atoms with Crippen LogP contribution in [0.5, 0.6) is 0 Å². The number of carbonyl (C=O) groups excluding carboxylic acids is 1. The normalized spacial score (nSPS) is 11.6. The van der Waals surface area contributed by atoms with Gasteiger partial charge >= 0.3 is 0 Å². The number of aromatic nitrogens is 1. The van der Waals surface area contributed by atoms with Gasteiger partial charge in [0.25, 0.3) is 5.91 Å². The van der Waals surface area contributed by atoms with Crippen LogP contribution in [0.3, 0.4) is 0 Å². The standard InChI is InChI=1S/C15H17ClN2O2/c1-15(2,9-19)8-17-14(20)13-7-11(16)10-5-3-4-6-12(10)18-13/h3-7,19H,8-9H2,1-2H3,(H,17,20). The predicted octanol–water partition coefficient (Wildman–Crippen LogP) is 2.64. The van der Waals surface area contributed by atoms with E-state index in [9.17, 15) is 9.90 Å². The number of carbonyl (C=O) groups is 1. The largest absolute Gasteiger partial charge is 0.396 e. The summed E-state index contributed by atoms with van der Waals surface area (Å²) in [5, 5.41) is 13.3. The van der Waals surface area contributed by atoms with Gasteiger partial charge < -0.3 is 10.4 Å². The summed E-state index contributed by atoms with van der Waals surface area (Å²) in [5.74, 6) is -0.292. The summed E-state index contributed by atoms with van der Waals surface area (Å²) in [4.78, 5) is 16.4. The first kappa shape index (κ1) is 14.8. The highest BCUT2D eigenvalue weighted by Gasteiger charge is 2.19. The first-order valence-electron chi connectivity index (χ1n) is 6.37. The van der Waals surface area contributed by atoms with Crippen LogP contribution in [0.1, 0.15) is 24.3 Å². The smallest absolute Gasteiger partial charge is 0.269 e. The molecule has 1 aromatic heterocycles. The van der Waals surface area contributed by atoms with Gasteiger partial charge in [0, 0.05) is 24.0 Å². The van der Waals surface area contributed by atoms with Gasteiger partial charge in [-0.25, -0.2) is 4.98 Å². The molecule has 0 fully saturated rings. The lowest BCUT2D eigenvalue weighted by molar-refractivity contribution is 0.0906. The number of nitrogens with zero attached hydrogens (tertiary/aromatic N) is 1. The van der Waals surface area contributed by atoms with Crippen LogP contribution < -0.4 is 5.32 Å². The maximum Gasteiger partial charge on any atom is 0.269 e. The first-order valence-corrected chi connectivity index (χ1v) is 6.75. The van der Waals surface area contributed by atoms with Crippen molar-refractivity contribution in [1.82, 2.24) is 10.3 Å². The van der Waals surface area contributed by atoms with Crippen LogP contribution in [-0.2, 0) is 0 Å². The van der Waals surface area contributed by atoms with Crippen molar-refractivity contribution in [2.75, 3.05) is 13.2 Å². The lowest BCUT2D eigenvalue weighted by atomic mass is 9.95. The number of pyridine rings is 1. The Morgan fingerprint density at radius 1 is 1.40 bits per heavy atom. The fraction of sp³-hybridized carbons (Fsp3) is 0.333. The van der Waals surface area contributed by atoms with Crippen LogP contribution in [0.15, 0.2) is 30.3 Å². The number of hydrogen-bond acceptors (Lipinski definition) is 3. The molecule has 106 valence electrons. The van der Waals surface area contributed by atoms with Crippen molar-refractivity contribution in [3.05, 3.63) is 41.0 Å². The Bertz CT molecular complexity index is 641. The molecule has 0 saturated heterocycles. The minimum absolute atomic E-state index is 0.000808. The number of rotatable bonds is 4. The molecule has 1 amide bonds. The molecule has 0 atom stereocenters. The SMILES string of the molecule is CC(C)(CO)CNC(=O)c1cc(Cl)c2ccccc2n1. The zero-order valence-electron chi connectivity index (χ0n) is 11.5. The molecule has 0 aliphatic carbocycles. The van der Waals surface area contributed by atoms with E-state index in [1.807, 2.05) is 38.1 Å². The molecule has 4 nitrogen and oxygen atoms in total. The molecule has 5 heteroatoms. The van der Waals surface area contributed by atoms with E-state index in [-0.39, 0.29) is 23.6 Å². The number of halogens is 1. The number of para-hydroxylation sites is 1. The van der Waals surface area contributed by atoms with E-state index in [1.54, 1.807) is 6.07 Å². The molecule has 1 heterocycles. The van der Waals surface area contributed by atoms with Crippen molar-refractivity contribution in [2.24, 2.45) is 5.41 Å². The third kappa shape index (κ3) is 3.26. The second-order valence-corrected chi connectivity index (χ2v) is 5.92. The first-order chi connectivity index (χ1) is 9.43. The summed E-state index contributed by atoms with van der Waals surface area (Å²) < 4.78 is 0. The van der Waals surface area contributed by atoms with Crippen molar-refractivity contribution < 1.29 is 9.90 Å². The van der Waals surface area contributed by atoms with Gasteiger partial charge in [-0.1, -0.05) is 43.6 Å². The summed E-state index contributed by atoms with van der Waals surface area (Å²) in [7, 11) is 0. The molecule has 0 aliphatic heterocycles. The zero-order valence-corrected chi connectivity index (χ0v) is 12.2. The van der Waals surface area contributed by atoms with Gasteiger partial charge in [0.05, 0.1) is 10.5 Å². The topological polar surface area (TPSA) is 62.2 Å². The quantitative estimate of drug-likeness (QED) is 0.910. The highest BCUT2D eigenvalue weighted by atomic mass is 35.5. The van der Waals surface area contributed by atoms with Crippen molar-refractivity contribution in [3.63, 3.8) is 0 Å². The van der Waals surface area contributed by atoms with E-state index in [0.717, 1.165) is 5.39 Å². The lowest BCUT2D eigenvalue weighted by Crippen LogP contribution is -2.36. The van der Waals surface area contributed by atoms with Crippen LogP contribution in [0.2, 0.25) is 5.02 Å². The van der Waals surface area contributed by atoms with E-state index in [1.165, 1.54) is 0 Å². The third-order valence-corrected chi connectivity index (χ3v) is 3.37. The fourth-order valence-electron chi connectivity index (χ4n) is 1.72. The molecule has 0 saturated carbocycles. The summed E-state index contributed by atoms with van der Waals surface area (Å²) in [6, 6.07) is 8.96. The van der Waals surface area contributed by atoms with Crippen molar-refractivity contribution in [1.29, 1.82) is 0 Å². The van der Waals surface area contributed by atoms with Crippen LogP contribution in [-0.4, -0.2) is 29.1 Å². The molecule has 0 bridgehead atoms. The van der Waals surface area contributed by atoms with Crippen molar-refractivity contribution in [3.8, 4) is 0 Å². The van der Waals surface area contributed by atoms with Gasteiger partial charge in [0.1, 0.15) is 5.69 Å². The maximum absolute atomic E-state index is 12.1. The molecule has 0 unspecified atom stereocenters. The van der Waals surface area contributed by atoms with Gasteiger partial charge in [-0.2, -0.15) is 0 Å². The minimum atomic E-state index is -0.365. The van der Waals surface area contributed by atoms with Gasteiger partial charge in [-0.3, -0.25) is 4.79 Å². The zero-order chi connectivity index (χ0) is 14.8. The van der Waals surface area contributed by atoms with E-state index < -0.39 is 0 Å². The highest BCUT2D eigenvalue weighted by molar-refractivity contribution is 6.35. The molecule has 2 N–H and O–H groups in total. The van der Waals surface area contributed by atoms with E-state index in [2.05, 4.69) is 10.3 Å². The second-order valence-electron chi connectivity index (χ2n) is 5.51. The predicted molar refractivity (Wildman–Crippen MR) is 80.0 cm³/mol. The van der Waals surface area contributed by atoms with Crippen molar-refractivity contribution >= 4 is 28.4 Å². The fourth-order valence-corrected chi connectivity index (χ4v) is 1.98. The van der Waals surface area contributed by atoms with Crippen LogP contribution >= 0.6 is 11.6 Å². The number of benzene rings is 1. The van der Waals surface area contributed by atoms with E-state index in [4.69, 9.17) is 11.6 Å². The second kappa shape index (κ2) is 5.77. The van der Waals surface area contributed by atoms with Crippen molar-refractivity contribution in [2.45, 2.75) is 13.8 Å². The highest BCUT2D eigenvalue weighted by Crippen LogP contribution is 2.22. The number of aliphatic hydroxyl groups is 1. The molecular formula is C15H17ClN2O2. The molecule has 0 aliphatic rings. The lowest BCUT2D eigenvalue weighted by Gasteiger charge is -2.21. The number of amides is 1. The van der Waals surface area contributed by atoms with Gasteiger partial charge in [-0.05, 0) is 12.1 Å². The number of fused-ring (bicyclic) bond motifs is 1. The van der Waals surface area contributed by atoms with Crippen LogP contribution in [0.25, 0.3) is 10.9 Å². The summed E-state index contributed by atoms with van der Waals surface area (Å²) >= 11 is 6.16. The average Bonchev–Trinajstić information content (AvgIpc) is 2.45. The molecule has 2 aromatic rings. The Labute approximate surface area is 122 Å². The van der Waals surface area contributed by atoms with E-state index in [0.29, 0.717) is 17.1 Å². The summed E-state index contributed by atoms with van der Waals surface area (Å²) in [6.07, 6.45) is 0. The molecule has 0 radical (unpaired) electrons. The van der Waals surface area contributed by atoms with E-state index >= 15 is 0 Å². The van der Waals surface area contributed by atoms with Gasteiger partial charge in [0.15, 0.2) is 0 Å². The average molecular weight is 293 g/mol. The molecular weight excluding hydrogens is 276 g/mol. The molecule has 20 heavy (non-hydrogen) atoms. The number of aliphatic hydroxyl groups excluding tert-OH is 1. The Morgan fingerprint density at radius 3 is 2.80 bits per heavy atom. The van der Waals surface area contributed by atoms with Gasteiger partial charge in [-0.15, -0.1) is 0 Å². The molecule has 2 rings (SSSR count). The molecule has 1 aromatic carbocycles. The maximum atomic E-state index is 12.1.